The number of hydrogen-bond donors (Lipinski definition) is 1. The third-order valence-corrected chi connectivity index (χ3v) is 4.75. The summed E-state index contributed by atoms with van der Waals surface area (Å²) >= 11 is 0. The van der Waals surface area contributed by atoms with E-state index in [9.17, 15) is 9.59 Å². The number of nitrogens with zero attached hydrogens (tertiary/aromatic N) is 1. The number of anilines is 1. The van der Waals surface area contributed by atoms with Crippen LogP contribution in [0.2, 0.25) is 0 Å². The van der Waals surface area contributed by atoms with Crippen molar-refractivity contribution in [2.75, 3.05) is 18.4 Å². The van der Waals surface area contributed by atoms with Crippen LogP contribution in [0.5, 0.6) is 0 Å². The number of piperidine rings is 1. The predicted molar refractivity (Wildman–Crippen MR) is 111 cm³/mol. The Morgan fingerprint density at radius 1 is 1.04 bits per heavy atom. The summed E-state index contributed by atoms with van der Waals surface area (Å²) in [4.78, 5) is 26.4. The highest BCUT2D eigenvalue weighted by Gasteiger charge is 2.28. The molecule has 28 heavy (non-hydrogen) atoms. The van der Waals surface area contributed by atoms with Crippen LogP contribution in [-0.4, -0.2) is 35.6 Å². The van der Waals surface area contributed by atoms with E-state index >= 15 is 0 Å². The second-order valence-corrected chi connectivity index (χ2v) is 8.21. The minimum absolute atomic E-state index is 0.123. The molecule has 0 spiro atoms. The van der Waals surface area contributed by atoms with Crippen molar-refractivity contribution in [3.05, 3.63) is 65.7 Å². The van der Waals surface area contributed by atoms with E-state index in [1.165, 1.54) is 5.56 Å². The first-order valence-electron chi connectivity index (χ1n) is 9.76. The number of amides is 2. The van der Waals surface area contributed by atoms with Gasteiger partial charge in [-0.3, -0.25) is 4.79 Å². The molecule has 1 aliphatic rings. The third kappa shape index (κ3) is 5.35. The quantitative estimate of drug-likeness (QED) is 0.810. The van der Waals surface area contributed by atoms with Crippen molar-refractivity contribution in [2.45, 2.75) is 45.1 Å². The summed E-state index contributed by atoms with van der Waals surface area (Å²) in [6.45, 7) is 7.04. The molecule has 5 heteroatoms. The van der Waals surface area contributed by atoms with Gasteiger partial charge in [-0.2, -0.15) is 0 Å². The van der Waals surface area contributed by atoms with Crippen molar-refractivity contribution in [2.24, 2.45) is 0 Å². The van der Waals surface area contributed by atoms with Crippen molar-refractivity contribution in [1.29, 1.82) is 0 Å². The van der Waals surface area contributed by atoms with Crippen molar-refractivity contribution in [3.8, 4) is 0 Å². The van der Waals surface area contributed by atoms with Crippen molar-refractivity contribution >= 4 is 17.7 Å². The smallest absolute Gasteiger partial charge is 0.410 e. The van der Waals surface area contributed by atoms with Gasteiger partial charge in [0.15, 0.2) is 0 Å². The van der Waals surface area contributed by atoms with Gasteiger partial charge in [-0.25, -0.2) is 4.79 Å². The van der Waals surface area contributed by atoms with E-state index in [1.807, 2.05) is 63.2 Å². The molecule has 3 rings (SSSR count). The predicted octanol–water partition coefficient (Wildman–Crippen LogP) is 5.05. The van der Waals surface area contributed by atoms with Gasteiger partial charge < -0.3 is 15.0 Å². The van der Waals surface area contributed by atoms with E-state index in [0.717, 1.165) is 25.1 Å². The molecule has 1 N–H and O–H groups in total. The zero-order valence-corrected chi connectivity index (χ0v) is 16.8. The highest BCUT2D eigenvalue weighted by Crippen LogP contribution is 2.28. The van der Waals surface area contributed by atoms with Crippen LogP contribution in [0.4, 0.5) is 10.5 Å². The number of hydrogen-bond acceptors (Lipinski definition) is 3. The average Bonchev–Trinajstić information content (AvgIpc) is 2.68. The minimum Gasteiger partial charge on any atom is -0.444 e. The molecule has 148 valence electrons. The molecule has 1 saturated heterocycles. The molecule has 0 radical (unpaired) electrons. The van der Waals surface area contributed by atoms with Crippen LogP contribution in [0, 0.1) is 0 Å². The van der Waals surface area contributed by atoms with Gasteiger partial charge in [-0.1, -0.05) is 30.3 Å². The van der Waals surface area contributed by atoms with E-state index in [0.29, 0.717) is 12.1 Å². The van der Waals surface area contributed by atoms with Crippen LogP contribution in [0.25, 0.3) is 0 Å². The standard InChI is InChI=1S/C23H28N2O3/c1-23(2,3)28-22(27)25-15-7-10-19(16-25)17-11-13-20(14-12-17)24-21(26)18-8-5-4-6-9-18/h4-6,8-9,11-14,19H,7,10,15-16H2,1-3H3,(H,24,26). The van der Waals surface area contributed by atoms with Crippen LogP contribution in [0.3, 0.4) is 0 Å². The van der Waals surface area contributed by atoms with E-state index in [4.69, 9.17) is 4.74 Å². The molecule has 2 aromatic carbocycles. The molecule has 0 saturated carbocycles. The molecule has 0 aliphatic carbocycles. The van der Waals surface area contributed by atoms with E-state index in [2.05, 4.69) is 5.32 Å². The number of nitrogens with one attached hydrogen (secondary N) is 1. The molecule has 1 atom stereocenters. The Bertz CT molecular complexity index is 810. The van der Waals surface area contributed by atoms with Gasteiger partial charge in [0.05, 0.1) is 0 Å². The molecule has 1 fully saturated rings. The largest absolute Gasteiger partial charge is 0.444 e. The molecule has 1 heterocycles. The second-order valence-electron chi connectivity index (χ2n) is 8.21. The summed E-state index contributed by atoms with van der Waals surface area (Å²) in [6.07, 6.45) is 1.75. The topological polar surface area (TPSA) is 58.6 Å². The van der Waals surface area contributed by atoms with Gasteiger partial charge in [0.2, 0.25) is 0 Å². The van der Waals surface area contributed by atoms with Crippen molar-refractivity contribution in [3.63, 3.8) is 0 Å². The van der Waals surface area contributed by atoms with Crippen molar-refractivity contribution < 1.29 is 14.3 Å². The highest BCUT2D eigenvalue weighted by molar-refractivity contribution is 6.04. The Balaban J connectivity index is 1.61. The average molecular weight is 380 g/mol. The summed E-state index contributed by atoms with van der Waals surface area (Å²) in [6, 6.07) is 17.1. The summed E-state index contributed by atoms with van der Waals surface area (Å²) in [5.41, 5.74) is 2.08. The highest BCUT2D eigenvalue weighted by atomic mass is 16.6. The lowest BCUT2D eigenvalue weighted by Gasteiger charge is -2.34. The maximum atomic E-state index is 12.4. The summed E-state index contributed by atoms with van der Waals surface area (Å²) in [7, 11) is 0. The second kappa shape index (κ2) is 8.46. The molecular formula is C23H28N2O3. The SMILES string of the molecule is CC(C)(C)OC(=O)N1CCCC(c2ccc(NC(=O)c3ccccc3)cc2)C1. The zero-order valence-electron chi connectivity index (χ0n) is 16.8. The first-order chi connectivity index (χ1) is 13.3. The molecule has 1 aliphatic heterocycles. The van der Waals surface area contributed by atoms with Gasteiger partial charge in [0.1, 0.15) is 5.60 Å². The first-order valence-corrected chi connectivity index (χ1v) is 9.76. The van der Waals surface area contributed by atoms with Gasteiger partial charge in [-0.05, 0) is 63.4 Å². The van der Waals surface area contributed by atoms with Crippen LogP contribution < -0.4 is 5.32 Å². The molecule has 5 nitrogen and oxygen atoms in total. The van der Waals surface area contributed by atoms with Crippen LogP contribution >= 0.6 is 0 Å². The molecule has 2 aromatic rings. The fourth-order valence-corrected chi connectivity index (χ4v) is 3.37. The fraction of sp³-hybridized carbons (Fsp3) is 0.391. The number of likely N-dealkylation sites (tertiary alicyclic amines) is 1. The maximum absolute atomic E-state index is 12.4. The number of benzene rings is 2. The monoisotopic (exact) mass is 380 g/mol. The lowest BCUT2D eigenvalue weighted by molar-refractivity contribution is 0.0198. The Morgan fingerprint density at radius 2 is 1.71 bits per heavy atom. The van der Waals surface area contributed by atoms with E-state index in [1.54, 1.807) is 17.0 Å². The Labute approximate surface area is 166 Å². The van der Waals surface area contributed by atoms with Gasteiger partial charge in [-0.15, -0.1) is 0 Å². The number of rotatable bonds is 3. The molecule has 2 amide bonds. The lowest BCUT2D eigenvalue weighted by Crippen LogP contribution is -2.42. The normalized spacial score (nSPS) is 17.1. The fourth-order valence-electron chi connectivity index (χ4n) is 3.37. The summed E-state index contributed by atoms with van der Waals surface area (Å²) < 4.78 is 5.51. The molecular weight excluding hydrogens is 352 g/mol. The van der Waals surface area contributed by atoms with Crippen LogP contribution in [0.1, 0.15) is 55.5 Å². The number of ether oxygens (including phenoxy) is 1. The van der Waals surface area contributed by atoms with Crippen LogP contribution in [0.15, 0.2) is 54.6 Å². The van der Waals surface area contributed by atoms with Crippen molar-refractivity contribution in [1.82, 2.24) is 4.90 Å². The summed E-state index contributed by atoms with van der Waals surface area (Å²) in [5.74, 6) is 0.155. The number of carbonyl (C=O) groups excluding carboxylic acids is 2. The number of carbonyl (C=O) groups is 2. The van der Waals surface area contributed by atoms with Crippen LogP contribution in [-0.2, 0) is 4.74 Å². The lowest BCUT2D eigenvalue weighted by atomic mass is 9.90. The summed E-state index contributed by atoms with van der Waals surface area (Å²) in [5, 5.41) is 2.92. The van der Waals surface area contributed by atoms with Gasteiger partial charge >= 0.3 is 6.09 Å². The van der Waals surface area contributed by atoms with Gasteiger partial charge in [0, 0.05) is 30.3 Å². The Kier molecular flexibility index (Phi) is 6.02. The Morgan fingerprint density at radius 3 is 2.36 bits per heavy atom. The Hall–Kier alpha value is -2.82. The van der Waals surface area contributed by atoms with E-state index < -0.39 is 5.60 Å². The van der Waals surface area contributed by atoms with Gasteiger partial charge in [0.25, 0.3) is 5.91 Å². The van der Waals surface area contributed by atoms with E-state index in [-0.39, 0.29) is 17.9 Å². The molecule has 1 unspecified atom stereocenters. The third-order valence-electron chi connectivity index (χ3n) is 4.75. The molecule has 0 bridgehead atoms. The molecule has 0 aromatic heterocycles. The maximum Gasteiger partial charge on any atom is 0.410 e. The first kappa shape index (κ1) is 19.9. The minimum atomic E-state index is -0.483. The zero-order chi connectivity index (χ0) is 20.1.